The zero-order valence-corrected chi connectivity index (χ0v) is 18.5. The first-order chi connectivity index (χ1) is 13.5. The van der Waals surface area contributed by atoms with Gasteiger partial charge in [-0.3, -0.25) is 0 Å². The van der Waals surface area contributed by atoms with Gasteiger partial charge in [0.15, 0.2) is 4.34 Å². The molecule has 0 amide bonds. The zero-order valence-electron chi connectivity index (χ0n) is 15.3. The van der Waals surface area contributed by atoms with E-state index in [0.29, 0.717) is 4.91 Å². The SMILES string of the molecule is Cc1cc(C=C(C#N)Sc2nc3ccccc3s2)c(C)n1-c1ccc(Br)cc1. The van der Waals surface area contributed by atoms with Gasteiger partial charge in [0.1, 0.15) is 6.07 Å². The number of nitriles is 1. The van der Waals surface area contributed by atoms with E-state index in [2.05, 4.69) is 69.7 Å². The summed E-state index contributed by atoms with van der Waals surface area (Å²) < 4.78 is 5.28. The monoisotopic (exact) mass is 465 g/mol. The number of thioether (sulfide) groups is 1. The molecule has 2 aromatic heterocycles. The maximum Gasteiger partial charge on any atom is 0.156 e. The molecular weight excluding hydrogens is 450 g/mol. The summed E-state index contributed by atoms with van der Waals surface area (Å²) in [4.78, 5) is 5.26. The standard InChI is InChI=1S/C22H16BrN3S2/c1-14-11-16(15(2)26(14)18-9-7-17(23)8-10-18)12-19(13-24)27-22-25-20-5-3-4-6-21(20)28-22/h3-12H,1-2H3. The Morgan fingerprint density at radius 2 is 1.93 bits per heavy atom. The largest absolute Gasteiger partial charge is 0.318 e. The second-order valence-corrected chi connectivity index (χ2v) is 9.54. The van der Waals surface area contributed by atoms with Crippen molar-refractivity contribution in [3.05, 3.63) is 80.9 Å². The van der Waals surface area contributed by atoms with E-state index in [9.17, 15) is 5.26 Å². The van der Waals surface area contributed by atoms with Gasteiger partial charge in [-0.2, -0.15) is 5.26 Å². The van der Waals surface area contributed by atoms with Crippen molar-refractivity contribution >= 4 is 55.3 Å². The summed E-state index contributed by atoms with van der Waals surface area (Å²) in [7, 11) is 0. The molecule has 6 heteroatoms. The van der Waals surface area contributed by atoms with Crippen LogP contribution in [0.2, 0.25) is 0 Å². The van der Waals surface area contributed by atoms with Crippen molar-refractivity contribution in [1.29, 1.82) is 5.26 Å². The highest BCUT2D eigenvalue weighted by atomic mass is 79.9. The van der Waals surface area contributed by atoms with E-state index in [-0.39, 0.29) is 0 Å². The lowest BCUT2D eigenvalue weighted by Crippen LogP contribution is -1.98. The van der Waals surface area contributed by atoms with Crippen LogP contribution in [-0.4, -0.2) is 9.55 Å². The zero-order chi connectivity index (χ0) is 19.7. The second kappa shape index (κ2) is 7.96. The van der Waals surface area contributed by atoms with Crippen LogP contribution < -0.4 is 0 Å². The third-order valence-electron chi connectivity index (χ3n) is 4.42. The average molecular weight is 466 g/mol. The Hall–Kier alpha value is -2.33. The minimum atomic E-state index is 0.634. The predicted molar refractivity (Wildman–Crippen MR) is 122 cm³/mol. The fourth-order valence-corrected chi connectivity index (χ4v) is 5.37. The first-order valence-corrected chi connectivity index (χ1v) is 11.1. The third kappa shape index (κ3) is 3.79. The number of hydrogen-bond acceptors (Lipinski definition) is 4. The molecule has 4 aromatic rings. The molecule has 2 aromatic carbocycles. The van der Waals surface area contributed by atoms with Crippen molar-refractivity contribution in [3.63, 3.8) is 0 Å². The lowest BCUT2D eigenvalue weighted by Gasteiger charge is -2.09. The molecule has 0 saturated carbocycles. The van der Waals surface area contributed by atoms with Gasteiger partial charge in [-0.1, -0.05) is 28.1 Å². The molecule has 0 aliphatic heterocycles. The number of aromatic nitrogens is 2. The van der Waals surface area contributed by atoms with Crippen LogP contribution in [0.1, 0.15) is 17.0 Å². The van der Waals surface area contributed by atoms with Crippen LogP contribution in [0.4, 0.5) is 0 Å². The molecule has 4 rings (SSSR count). The molecule has 0 unspecified atom stereocenters. The summed E-state index contributed by atoms with van der Waals surface area (Å²) >= 11 is 6.52. The summed E-state index contributed by atoms with van der Waals surface area (Å²) in [5.74, 6) is 0. The molecule has 0 bridgehead atoms. The summed E-state index contributed by atoms with van der Waals surface area (Å²) in [6.45, 7) is 4.16. The molecule has 0 aliphatic rings. The van der Waals surface area contributed by atoms with Gasteiger partial charge >= 0.3 is 0 Å². The lowest BCUT2D eigenvalue weighted by molar-refractivity contribution is 0.964. The quantitative estimate of drug-likeness (QED) is 0.237. The van der Waals surface area contributed by atoms with E-state index in [4.69, 9.17) is 0 Å². The molecule has 2 heterocycles. The van der Waals surface area contributed by atoms with Gasteiger partial charge in [-0.15, -0.1) is 11.3 Å². The smallest absolute Gasteiger partial charge is 0.156 e. The van der Waals surface area contributed by atoms with Crippen LogP contribution in [0.25, 0.3) is 22.0 Å². The van der Waals surface area contributed by atoms with Crippen molar-refractivity contribution in [2.45, 2.75) is 18.2 Å². The van der Waals surface area contributed by atoms with E-state index in [1.807, 2.05) is 36.4 Å². The van der Waals surface area contributed by atoms with E-state index in [0.717, 1.165) is 41.7 Å². The van der Waals surface area contributed by atoms with Gasteiger partial charge in [-0.25, -0.2) is 4.98 Å². The molecule has 0 radical (unpaired) electrons. The van der Waals surface area contributed by atoms with Gasteiger partial charge in [-0.05, 0) is 79.7 Å². The van der Waals surface area contributed by atoms with Crippen molar-refractivity contribution in [1.82, 2.24) is 9.55 Å². The highest BCUT2D eigenvalue weighted by Gasteiger charge is 2.12. The van der Waals surface area contributed by atoms with E-state index < -0.39 is 0 Å². The van der Waals surface area contributed by atoms with Crippen molar-refractivity contribution < 1.29 is 0 Å². The Labute approximate surface area is 180 Å². The Bertz CT molecular complexity index is 1190. The maximum atomic E-state index is 9.66. The van der Waals surface area contributed by atoms with E-state index in [1.165, 1.54) is 11.8 Å². The number of thiazole rings is 1. The molecule has 0 saturated heterocycles. The van der Waals surface area contributed by atoms with Crippen LogP contribution in [0.15, 0.2) is 68.3 Å². The minimum absolute atomic E-state index is 0.634. The number of benzene rings is 2. The first kappa shape index (κ1) is 19.0. The highest BCUT2D eigenvalue weighted by molar-refractivity contribution is 9.10. The Kier molecular flexibility index (Phi) is 5.40. The summed E-state index contributed by atoms with van der Waals surface area (Å²) in [5.41, 5.74) is 5.37. The van der Waals surface area contributed by atoms with Gasteiger partial charge < -0.3 is 4.57 Å². The van der Waals surface area contributed by atoms with Gasteiger partial charge in [0.05, 0.1) is 15.1 Å². The molecular formula is C22H16BrN3S2. The molecule has 0 N–H and O–H groups in total. The molecule has 3 nitrogen and oxygen atoms in total. The van der Waals surface area contributed by atoms with Crippen LogP contribution in [0, 0.1) is 25.2 Å². The van der Waals surface area contributed by atoms with E-state index in [1.54, 1.807) is 11.3 Å². The summed E-state index contributed by atoms with van der Waals surface area (Å²) in [5, 5.41) is 9.66. The number of hydrogen-bond donors (Lipinski definition) is 0. The Balaban J connectivity index is 1.67. The van der Waals surface area contributed by atoms with Crippen molar-refractivity contribution in [3.8, 4) is 11.8 Å². The second-order valence-electron chi connectivity index (χ2n) is 6.31. The van der Waals surface area contributed by atoms with Crippen LogP contribution in [0.3, 0.4) is 0 Å². The number of rotatable bonds is 4. The normalized spacial score (nSPS) is 11.7. The number of nitrogens with zero attached hydrogens (tertiary/aromatic N) is 3. The van der Waals surface area contributed by atoms with Crippen molar-refractivity contribution in [2.75, 3.05) is 0 Å². The molecule has 0 spiro atoms. The average Bonchev–Trinajstić information content (AvgIpc) is 3.22. The summed E-state index contributed by atoms with van der Waals surface area (Å²) in [6, 6.07) is 20.7. The van der Waals surface area contributed by atoms with Crippen molar-refractivity contribution in [2.24, 2.45) is 0 Å². The lowest BCUT2D eigenvalue weighted by atomic mass is 10.2. The van der Waals surface area contributed by atoms with Crippen LogP contribution in [-0.2, 0) is 0 Å². The fourth-order valence-electron chi connectivity index (χ4n) is 3.14. The summed E-state index contributed by atoms with van der Waals surface area (Å²) in [6.07, 6.45) is 1.95. The highest BCUT2D eigenvalue weighted by Crippen LogP contribution is 2.35. The maximum absolute atomic E-state index is 9.66. The Morgan fingerprint density at radius 3 is 2.64 bits per heavy atom. The molecule has 0 fully saturated rings. The number of aryl methyl sites for hydroxylation is 1. The molecule has 0 atom stereocenters. The fraction of sp³-hybridized carbons (Fsp3) is 0.0909. The molecule has 138 valence electrons. The number of allylic oxidation sites excluding steroid dienone is 1. The molecule has 28 heavy (non-hydrogen) atoms. The number of halogens is 1. The third-order valence-corrected chi connectivity index (χ3v) is 6.98. The molecule has 0 aliphatic carbocycles. The van der Waals surface area contributed by atoms with Gasteiger partial charge in [0.2, 0.25) is 0 Å². The van der Waals surface area contributed by atoms with Crippen LogP contribution >= 0.6 is 39.0 Å². The van der Waals surface area contributed by atoms with Crippen LogP contribution in [0.5, 0.6) is 0 Å². The van der Waals surface area contributed by atoms with E-state index >= 15 is 0 Å². The van der Waals surface area contributed by atoms with Gasteiger partial charge in [0.25, 0.3) is 0 Å². The van der Waals surface area contributed by atoms with Gasteiger partial charge in [0, 0.05) is 21.5 Å². The Morgan fingerprint density at radius 1 is 1.18 bits per heavy atom. The number of fused-ring (bicyclic) bond motifs is 1. The predicted octanol–water partition coefficient (Wildman–Crippen LogP) is 7.12. The number of para-hydroxylation sites is 1. The topological polar surface area (TPSA) is 41.6 Å². The minimum Gasteiger partial charge on any atom is -0.318 e. The first-order valence-electron chi connectivity index (χ1n) is 8.65.